The van der Waals surface area contributed by atoms with Crippen LogP contribution in [-0.2, 0) is 9.53 Å². The highest BCUT2D eigenvalue weighted by Crippen LogP contribution is 2.32. The maximum atomic E-state index is 12.0. The van der Waals surface area contributed by atoms with Crippen molar-refractivity contribution in [3.05, 3.63) is 23.2 Å². The number of anilines is 1. The van der Waals surface area contributed by atoms with Crippen molar-refractivity contribution < 1.29 is 14.3 Å². The molecule has 23 heavy (non-hydrogen) atoms. The number of ether oxygens (including phenoxy) is 2. The quantitative estimate of drug-likeness (QED) is 0.627. The highest BCUT2D eigenvalue weighted by Gasteiger charge is 2.20. The summed E-state index contributed by atoms with van der Waals surface area (Å²) >= 11 is 6.15. The summed E-state index contributed by atoms with van der Waals surface area (Å²) in [6.45, 7) is 4.64. The van der Waals surface area contributed by atoms with E-state index < -0.39 is 0 Å². The minimum absolute atomic E-state index is 0. The Morgan fingerprint density at radius 3 is 2.83 bits per heavy atom. The summed E-state index contributed by atoms with van der Waals surface area (Å²) in [6, 6.07) is 5.30. The Bertz CT molecular complexity index is 496. The van der Waals surface area contributed by atoms with Crippen molar-refractivity contribution in [3.8, 4) is 5.75 Å². The van der Waals surface area contributed by atoms with Crippen molar-refractivity contribution in [2.45, 2.75) is 19.8 Å². The van der Waals surface area contributed by atoms with Gasteiger partial charge in [0.25, 0.3) is 0 Å². The summed E-state index contributed by atoms with van der Waals surface area (Å²) in [5.74, 6) is 1.13. The molecule has 0 heterocycles. The molecule has 1 aromatic carbocycles. The molecular weight excluding hydrogens is 339 g/mol. The number of para-hydroxylation sites is 1. The Kier molecular flexibility index (Phi) is 9.33. The number of carbonyl (C=O) groups excluding carboxylic acids is 1. The second-order valence-corrected chi connectivity index (χ2v) is 5.69. The molecule has 0 saturated heterocycles. The fourth-order valence-electron chi connectivity index (χ4n) is 2.01. The zero-order chi connectivity index (χ0) is 15.8. The molecule has 0 unspecified atom stereocenters. The third-order valence-corrected chi connectivity index (χ3v) is 3.63. The summed E-state index contributed by atoms with van der Waals surface area (Å²) in [4.78, 5) is 12.0. The van der Waals surface area contributed by atoms with Gasteiger partial charge in [-0.15, -0.1) is 12.4 Å². The van der Waals surface area contributed by atoms with E-state index >= 15 is 0 Å². The lowest BCUT2D eigenvalue weighted by molar-refractivity contribution is -0.115. The predicted molar refractivity (Wildman–Crippen MR) is 94.9 cm³/mol. The minimum Gasteiger partial charge on any atom is -0.487 e. The van der Waals surface area contributed by atoms with E-state index in [-0.39, 0.29) is 18.3 Å². The van der Waals surface area contributed by atoms with Gasteiger partial charge in [-0.2, -0.15) is 0 Å². The van der Waals surface area contributed by atoms with Crippen LogP contribution in [-0.4, -0.2) is 38.8 Å². The van der Waals surface area contributed by atoms with E-state index in [2.05, 4.69) is 10.6 Å². The third kappa shape index (κ3) is 7.40. The van der Waals surface area contributed by atoms with Crippen molar-refractivity contribution in [1.82, 2.24) is 5.32 Å². The number of hydrogen-bond acceptors (Lipinski definition) is 4. The summed E-state index contributed by atoms with van der Waals surface area (Å²) < 4.78 is 10.9. The fraction of sp³-hybridized carbons (Fsp3) is 0.562. The van der Waals surface area contributed by atoms with Crippen LogP contribution in [0.25, 0.3) is 0 Å². The first-order valence-electron chi connectivity index (χ1n) is 7.70. The standard InChI is InChI=1S/C16H23ClN2O3.ClH/c1-2-21-8-9-22-16-13(17)4-3-5-14(16)19-15(20)11-18-10-12-6-7-12;/h3-5,12,18H,2,6-11H2,1H3,(H,19,20);1H. The zero-order valence-electron chi connectivity index (χ0n) is 13.3. The predicted octanol–water partition coefficient (Wildman–Crippen LogP) is 3.12. The van der Waals surface area contributed by atoms with Crippen molar-refractivity contribution in [3.63, 3.8) is 0 Å². The van der Waals surface area contributed by atoms with Crippen LogP contribution in [0.5, 0.6) is 5.75 Å². The summed E-state index contributed by atoms with van der Waals surface area (Å²) in [5, 5.41) is 6.46. The second kappa shape index (κ2) is 10.7. The molecule has 1 aliphatic rings. The van der Waals surface area contributed by atoms with Crippen LogP contribution in [0, 0.1) is 5.92 Å². The third-order valence-electron chi connectivity index (χ3n) is 3.33. The molecule has 130 valence electrons. The maximum Gasteiger partial charge on any atom is 0.238 e. The Morgan fingerprint density at radius 2 is 2.13 bits per heavy atom. The fourth-order valence-corrected chi connectivity index (χ4v) is 2.24. The minimum atomic E-state index is -0.0995. The molecule has 1 amide bonds. The molecule has 1 fully saturated rings. The van der Waals surface area contributed by atoms with Crippen molar-refractivity contribution in [1.29, 1.82) is 0 Å². The molecule has 1 aromatic rings. The van der Waals surface area contributed by atoms with Gasteiger partial charge >= 0.3 is 0 Å². The van der Waals surface area contributed by atoms with Gasteiger partial charge in [0.2, 0.25) is 5.91 Å². The van der Waals surface area contributed by atoms with Gasteiger partial charge in [-0.05, 0) is 44.4 Å². The summed E-state index contributed by atoms with van der Waals surface area (Å²) in [5.41, 5.74) is 0.585. The molecule has 0 atom stereocenters. The molecular formula is C16H24Cl2N2O3. The Labute approximate surface area is 148 Å². The molecule has 0 aliphatic heterocycles. The number of amides is 1. The second-order valence-electron chi connectivity index (χ2n) is 5.28. The SMILES string of the molecule is CCOCCOc1c(Cl)cccc1NC(=O)CNCC1CC1.Cl. The van der Waals surface area contributed by atoms with E-state index in [4.69, 9.17) is 21.1 Å². The van der Waals surface area contributed by atoms with Gasteiger partial charge in [0.05, 0.1) is 23.9 Å². The van der Waals surface area contributed by atoms with Gasteiger partial charge in [-0.3, -0.25) is 4.79 Å². The number of nitrogens with one attached hydrogen (secondary N) is 2. The maximum absolute atomic E-state index is 12.0. The Hall–Kier alpha value is -1.01. The molecule has 0 aromatic heterocycles. The van der Waals surface area contributed by atoms with Crippen LogP contribution in [0.15, 0.2) is 18.2 Å². The Morgan fingerprint density at radius 1 is 1.35 bits per heavy atom. The molecule has 1 aliphatic carbocycles. The smallest absolute Gasteiger partial charge is 0.238 e. The van der Waals surface area contributed by atoms with E-state index in [0.29, 0.717) is 42.8 Å². The van der Waals surface area contributed by atoms with Crippen molar-refractivity contribution >= 4 is 35.6 Å². The number of benzene rings is 1. The van der Waals surface area contributed by atoms with Gasteiger partial charge in [0.1, 0.15) is 6.61 Å². The van der Waals surface area contributed by atoms with Crippen LogP contribution in [0.4, 0.5) is 5.69 Å². The molecule has 1 saturated carbocycles. The van der Waals surface area contributed by atoms with Gasteiger partial charge in [0.15, 0.2) is 5.75 Å². The van der Waals surface area contributed by atoms with Crippen LogP contribution in [0.1, 0.15) is 19.8 Å². The van der Waals surface area contributed by atoms with E-state index in [1.807, 2.05) is 6.92 Å². The largest absolute Gasteiger partial charge is 0.487 e. The molecule has 0 radical (unpaired) electrons. The average molecular weight is 363 g/mol. The van der Waals surface area contributed by atoms with Crippen molar-refractivity contribution in [2.24, 2.45) is 5.92 Å². The number of rotatable bonds is 10. The van der Waals surface area contributed by atoms with Crippen LogP contribution >= 0.6 is 24.0 Å². The van der Waals surface area contributed by atoms with Gasteiger partial charge in [-0.25, -0.2) is 0 Å². The number of hydrogen-bond donors (Lipinski definition) is 2. The first kappa shape index (κ1) is 20.0. The number of carbonyl (C=O) groups is 1. The Balaban J connectivity index is 0.00000264. The molecule has 2 rings (SSSR count). The van der Waals surface area contributed by atoms with Crippen molar-refractivity contribution in [2.75, 3.05) is 38.2 Å². The van der Waals surface area contributed by atoms with E-state index in [0.717, 1.165) is 12.5 Å². The number of halogens is 2. The van der Waals surface area contributed by atoms with E-state index in [1.165, 1.54) is 12.8 Å². The summed E-state index contributed by atoms with van der Waals surface area (Å²) in [7, 11) is 0. The normalized spacial score (nSPS) is 13.3. The van der Waals surface area contributed by atoms with Crippen LogP contribution < -0.4 is 15.4 Å². The molecule has 0 spiro atoms. The summed E-state index contributed by atoms with van der Waals surface area (Å²) in [6.07, 6.45) is 2.53. The van der Waals surface area contributed by atoms with E-state index in [1.54, 1.807) is 18.2 Å². The lowest BCUT2D eigenvalue weighted by Crippen LogP contribution is -2.29. The highest BCUT2D eigenvalue weighted by atomic mass is 35.5. The first-order valence-corrected chi connectivity index (χ1v) is 8.08. The highest BCUT2D eigenvalue weighted by molar-refractivity contribution is 6.32. The monoisotopic (exact) mass is 362 g/mol. The van der Waals surface area contributed by atoms with Gasteiger partial charge in [0, 0.05) is 6.61 Å². The van der Waals surface area contributed by atoms with Gasteiger partial charge < -0.3 is 20.1 Å². The topological polar surface area (TPSA) is 59.6 Å². The van der Waals surface area contributed by atoms with Crippen LogP contribution in [0.2, 0.25) is 5.02 Å². The molecule has 7 heteroatoms. The van der Waals surface area contributed by atoms with Crippen LogP contribution in [0.3, 0.4) is 0 Å². The molecule has 0 bridgehead atoms. The average Bonchev–Trinajstić information content (AvgIpc) is 3.30. The lowest BCUT2D eigenvalue weighted by Gasteiger charge is -2.14. The van der Waals surface area contributed by atoms with E-state index in [9.17, 15) is 4.79 Å². The first-order chi connectivity index (χ1) is 10.7. The molecule has 2 N–H and O–H groups in total. The zero-order valence-corrected chi connectivity index (χ0v) is 14.8. The lowest BCUT2D eigenvalue weighted by atomic mass is 10.3. The van der Waals surface area contributed by atoms with Gasteiger partial charge in [-0.1, -0.05) is 17.7 Å². The molecule has 5 nitrogen and oxygen atoms in total.